The number of hydrogen-bond acceptors (Lipinski definition) is 5. The van der Waals surface area contributed by atoms with E-state index in [1.54, 1.807) is 36.2 Å². The molecule has 0 spiro atoms. The molecule has 0 radical (unpaired) electrons. The van der Waals surface area contributed by atoms with Crippen molar-refractivity contribution in [3.8, 4) is 0 Å². The molecule has 1 atom stereocenters. The second kappa shape index (κ2) is 5.28. The zero-order chi connectivity index (χ0) is 13.2. The third kappa shape index (κ3) is 2.78. The number of aromatic nitrogens is 2. The van der Waals surface area contributed by atoms with Gasteiger partial charge in [-0.05, 0) is 31.2 Å². The van der Waals surface area contributed by atoms with Gasteiger partial charge in [0.2, 0.25) is 0 Å². The van der Waals surface area contributed by atoms with Gasteiger partial charge in [0, 0.05) is 11.1 Å². The van der Waals surface area contributed by atoms with Crippen molar-refractivity contribution >= 4 is 33.3 Å². The van der Waals surface area contributed by atoms with Crippen molar-refractivity contribution in [2.24, 2.45) is 0 Å². The van der Waals surface area contributed by atoms with Crippen LogP contribution in [0.1, 0.15) is 18.7 Å². The first-order valence-corrected chi connectivity index (χ1v) is 7.53. The van der Waals surface area contributed by atoms with Crippen molar-refractivity contribution in [1.29, 1.82) is 0 Å². The normalized spacial score (nSPS) is 12.7. The Balaban J connectivity index is 1.84. The molecule has 1 unspecified atom stereocenters. The second-order valence-corrected chi connectivity index (χ2v) is 6.50. The van der Waals surface area contributed by atoms with Crippen LogP contribution in [0, 0.1) is 0 Å². The maximum Gasteiger partial charge on any atom is 0.155 e. The zero-order valence-electron chi connectivity index (χ0n) is 10.3. The van der Waals surface area contributed by atoms with Crippen LogP contribution in [0.2, 0.25) is 0 Å². The number of aliphatic hydroxyl groups is 1. The molecule has 3 nitrogen and oxygen atoms in total. The first-order valence-electron chi connectivity index (χ1n) is 5.90. The van der Waals surface area contributed by atoms with E-state index in [-0.39, 0.29) is 0 Å². The van der Waals surface area contributed by atoms with Gasteiger partial charge in [-0.1, -0.05) is 23.9 Å². The van der Waals surface area contributed by atoms with Gasteiger partial charge in [0.05, 0.1) is 22.0 Å². The van der Waals surface area contributed by atoms with E-state index in [2.05, 4.69) is 16.0 Å². The van der Waals surface area contributed by atoms with Crippen LogP contribution in [0.3, 0.4) is 0 Å². The van der Waals surface area contributed by atoms with Crippen molar-refractivity contribution in [2.45, 2.75) is 22.3 Å². The molecule has 0 bridgehead atoms. The summed E-state index contributed by atoms with van der Waals surface area (Å²) in [6.45, 7) is 1.71. The van der Waals surface area contributed by atoms with E-state index in [0.29, 0.717) is 5.69 Å². The van der Waals surface area contributed by atoms with Gasteiger partial charge >= 0.3 is 0 Å². The quantitative estimate of drug-likeness (QED) is 0.794. The zero-order valence-corrected chi connectivity index (χ0v) is 11.9. The van der Waals surface area contributed by atoms with E-state index in [9.17, 15) is 5.11 Å². The Morgan fingerprint density at radius 2 is 2.05 bits per heavy atom. The lowest BCUT2D eigenvalue weighted by Crippen LogP contribution is -1.94. The van der Waals surface area contributed by atoms with Gasteiger partial charge < -0.3 is 5.11 Å². The number of aliphatic hydroxyl groups excluding tert-OH is 1. The minimum atomic E-state index is -0.526. The van der Waals surface area contributed by atoms with Gasteiger partial charge in [-0.25, -0.2) is 4.98 Å². The number of para-hydroxylation sites is 1. The van der Waals surface area contributed by atoms with Crippen LogP contribution >= 0.6 is 23.1 Å². The summed E-state index contributed by atoms with van der Waals surface area (Å²) < 4.78 is 2.20. The number of benzene rings is 1. The Kier molecular flexibility index (Phi) is 3.50. The van der Waals surface area contributed by atoms with Gasteiger partial charge in [-0.3, -0.25) is 4.98 Å². The summed E-state index contributed by atoms with van der Waals surface area (Å²) in [7, 11) is 0. The van der Waals surface area contributed by atoms with Crippen LogP contribution in [0.5, 0.6) is 0 Å². The molecule has 0 fully saturated rings. The predicted octanol–water partition coefficient (Wildman–Crippen LogP) is 3.90. The summed E-state index contributed by atoms with van der Waals surface area (Å²) in [5.74, 6) is 0. The molecule has 0 saturated carbocycles. The lowest BCUT2D eigenvalue weighted by Gasteiger charge is -2.03. The van der Waals surface area contributed by atoms with Crippen LogP contribution in [-0.4, -0.2) is 15.1 Å². The molecule has 2 heterocycles. The molecule has 3 aromatic rings. The lowest BCUT2D eigenvalue weighted by atomic mass is 10.2. The minimum Gasteiger partial charge on any atom is -0.387 e. The number of nitrogens with zero attached hydrogens (tertiary/aromatic N) is 2. The van der Waals surface area contributed by atoms with Crippen molar-refractivity contribution in [1.82, 2.24) is 9.97 Å². The van der Waals surface area contributed by atoms with Crippen molar-refractivity contribution in [3.05, 3.63) is 48.3 Å². The topological polar surface area (TPSA) is 46.0 Å². The molecule has 1 N–H and O–H groups in total. The average molecular weight is 288 g/mol. The molecule has 3 rings (SSSR count). The highest BCUT2D eigenvalue weighted by atomic mass is 32.2. The fourth-order valence-corrected chi connectivity index (χ4v) is 3.70. The van der Waals surface area contributed by atoms with Crippen LogP contribution in [0.4, 0.5) is 0 Å². The van der Waals surface area contributed by atoms with Crippen LogP contribution in [0.15, 0.2) is 51.8 Å². The first kappa shape index (κ1) is 12.6. The predicted molar refractivity (Wildman–Crippen MR) is 78.6 cm³/mol. The molecule has 0 saturated heterocycles. The van der Waals surface area contributed by atoms with E-state index >= 15 is 0 Å². The van der Waals surface area contributed by atoms with E-state index in [1.807, 2.05) is 30.3 Å². The highest BCUT2D eigenvalue weighted by Crippen LogP contribution is 2.34. The molecule has 0 aliphatic rings. The number of pyridine rings is 1. The molecular weight excluding hydrogens is 276 g/mol. The lowest BCUT2D eigenvalue weighted by molar-refractivity contribution is 0.194. The second-order valence-electron chi connectivity index (χ2n) is 4.14. The first-order chi connectivity index (χ1) is 9.22. The van der Waals surface area contributed by atoms with Crippen LogP contribution < -0.4 is 0 Å². The highest BCUT2D eigenvalue weighted by molar-refractivity contribution is 8.01. The number of hydrogen-bond donors (Lipinski definition) is 1. The summed E-state index contributed by atoms with van der Waals surface area (Å²) in [5.41, 5.74) is 1.72. The van der Waals surface area contributed by atoms with E-state index in [4.69, 9.17) is 0 Å². The van der Waals surface area contributed by atoms with Gasteiger partial charge in [-0.2, -0.15) is 0 Å². The molecule has 5 heteroatoms. The van der Waals surface area contributed by atoms with Gasteiger partial charge in [-0.15, -0.1) is 11.3 Å². The summed E-state index contributed by atoms with van der Waals surface area (Å²) in [6, 6.07) is 11.9. The molecule has 1 aromatic carbocycles. The summed E-state index contributed by atoms with van der Waals surface area (Å²) in [5, 5.41) is 9.42. The Morgan fingerprint density at radius 1 is 1.21 bits per heavy atom. The van der Waals surface area contributed by atoms with E-state index in [1.165, 1.54) is 4.70 Å². The molecule has 2 aromatic heterocycles. The smallest absolute Gasteiger partial charge is 0.155 e. The van der Waals surface area contributed by atoms with Gasteiger partial charge in [0.15, 0.2) is 4.34 Å². The minimum absolute atomic E-state index is 0.526. The van der Waals surface area contributed by atoms with Crippen molar-refractivity contribution < 1.29 is 5.11 Å². The Bertz CT molecular complexity index is 659. The molecule has 19 heavy (non-hydrogen) atoms. The molecule has 0 aliphatic heterocycles. The fourth-order valence-electron chi connectivity index (χ4n) is 1.69. The third-order valence-corrected chi connectivity index (χ3v) is 4.74. The molecule has 96 valence electrons. The van der Waals surface area contributed by atoms with Crippen LogP contribution in [0.25, 0.3) is 10.2 Å². The average Bonchev–Trinajstić information content (AvgIpc) is 2.81. The third-order valence-electron chi connectivity index (χ3n) is 2.67. The van der Waals surface area contributed by atoms with E-state index < -0.39 is 6.10 Å². The van der Waals surface area contributed by atoms with Crippen molar-refractivity contribution in [3.63, 3.8) is 0 Å². The number of rotatable bonds is 3. The maximum atomic E-state index is 9.42. The van der Waals surface area contributed by atoms with Crippen molar-refractivity contribution in [2.75, 3.05) is 0 Å². The monoisotopic (exact) mass is 288 g/mol. The Hall–Kier alpha value is -1.43. The summed E-state index contributed by atoms with van der Waals surface area (Å²) in [6.07, 6.45) is 1.25. The van der Waals surface area contributed by atoms with Crippen LogP contribution in [-0.2, 0) is 0 Å². The fraction of sp³-hybridized carbons (Fsp3) is 0.143. The molecule has 0 amide bonds. The maximum absolute atomic E-state index is 9.42. The number of thiazole rings is 1. The van der Waals surface area contributed by atoms with E-state index in [0.717, 1.165) is 14.8 Å². The molecule has 0 aliphatic carbocycles. The summed E-state index contributed by atoms with van der Waals surface area (Å²) >= 11 is 3.27. The van der Waals surface area contributed by atoms with Gasteiger partial charge in [0.1, 0.15) is 0 Å². The Morgan fingerprint density at radius 3 is 2.74 bits per heavy atom. The SMILES string of the molecule is CC(O)c1ccc(Sc2nc3ccccc3s2)cn1. The largest absolute Gasteiger partial charge is 0.387 e. The Labute approximate surface area is 119 Å². The number of fused-ring (bicyclic) bond motifs is 1. The molecular formula is C14H12N2OS2. The van der Waals surface area contributed by atoms with Gasteiger partial charge in [0.25, 0.3) is 0 Å². The highest BCUT2D eigenvalue weighted by Gasteiger charge is 2.07. The standard InChI is InChI=1S/C14H12N2OS2/c1-9(17)11-7-6-10(8-15-11)18-14-16-12-4-2-3-5-13(12)19-14/h2-9,17H,1H3. The summed E-state index contributed by atoms with van der Waals surface area (Å²) in [4.78, 5) is 9.84.